The van der Waals surface area contributed by atoms with E-state index in [0.29, 0.717) is 17.5 Å². The first-order valence-corrected chi connectivity index (χ1v) is 19.1. The molecular weight excluding hydrogens is 705 g/mol. The van der Waals surface area contributed by atoms with Crippen LogP contribution in [0, 0.1) is 6.92 Å². The lowest BCUT2D eigenvalue weighted by Gasteiger charge is -2.34. The van der Waals surface area contributed by atoms with Crippen LogP contribution in [-0.4, -0.2) is 104 Å². The second kappa shape index (κ2) is 19.5. The number of fused-ring (bicyclic) bond motifs is 1. The number of piperazine rings is 1. The predicted octanol–water partition coefficient (Wildman–Crippen LogP) is 6.88. The van der Waals surface area contributed by atoms with Crippen molar-refractivity contribution in [1.82, 2.24) is 38.5 Å². The fourth-order valence-electron chi connectivity index (χ4n) is 5.97. The summed E-state index contributed by atoms with van der Waals surface area (Å²) in [5.74, 6) is 2.47. The Morgan fingerprint density at radius 1 is 0.804 bits per heavy atom. The maximum atomic E-state index is 10.2. The van der Waals surface area contributed by atoms with Crippen molar-refractivity contribution in [3.63, 3.8) is 0 Å². The SMILES string of the molecule is C1CCC1.CNc1cc(-c2nc3ccc(C(C)=Nc4cc(N5CCN(C)CC5)ccc4C)cc3[nH]2)n(C)c1.CNc1cn(C)c(C=O)n1.Cn1ccnc1C=O. The molecule has 0 atom stereocenters. The summed E-state index contributed by atoms with van der Waals surface area (Å²) in [6.07, 6.45) is 14.6. The molecule has 14 heteroatoms. The number of imidazole rings is 3. The van der Waals surface area contributed by atoms with Gasteiger partial charge >= 0.3 is 0 Å². The number of benzene rings is 2. The molecule has 1 aliphatic carbocycles. The highest BCUT2D eigenvalue weighted by Gasteiger charge is 2.16. The van der Waals surface area contributed by atoms with Gasteiger partial charge in [0, 0.05) is 97.6 Å². The van der Waals surface area contributed by atoms with Gasteiger partial charge in [0.15, 0.2) is 30.0 Å². The Labute approximate surface area is 329 Å². The highest BCUT2D eigenvalue weighted by atomic mass is 16.1. The number of aldehydes is 2. The highest BCUT2D eigenvalue weighted by molar-refractivity contribution is 6.02. The number of likely N-dealkylation sites (N-methyl/N-ethyl adjacent to an activating group) is 1. The molecule has 2 aliphatic rings. The van der Waals surface area contributed by atoms with Gasteiger partial charge in [-0.3, -0.25) is 14.6 Å². The first-order chi connectivity index (χ1) is 27.0. The lowest BCUT2D eigenvalue weighted by molar-refractivity contribution is 0.110. The lowest BCUT2D eigenvalue weighted by Crippen LogP contribution is -2.44. The Morgan fingerprint density at radius 2 is 1.52 bits per heavy atom. The summed E-state index contributed by atoms with van der Waals surface area (Å²) in [7, 11) is 11.5. The van der Waals surface area contributed by atoms with E-state index in [9.17, 15) is 9.59 Å². The lowest BCUT2D eigenvalue weighted by atomic mass is 10.0. The van der Waals surface area contributed by atoms with Crippen LogP contribution in [-0.2, 0) is 21.1 Å². The minimum absolute atomic E-state index is 0.435. The second-order valence-corrected chi connectivity index (χ2v) is 14.1. The Morgan fingerprint density at radius 3 is 2.05 bits per heavy atom. The topological polar surface area (TPSA) is 146 Å². The van der Waals surface area contributed by atoms with Crippen molar-refractivity contribution in [3.05, 3.63) is 90.0 Å². The molecule has 4 aromatic heterocycles. The van der Waals surface area contributed by atoms with Gasteiger partial charge in [0.05, 0.1) is 28.1 Å². The molecule has 296 valence electrons. The summed E-state index contributed by atoms with van der Waals surface area (Å²) < 4.78 is 5.40. The number of aliphatic imine (C=N–C) groups is 1. The van der Waals surface area contributed by atoms with Crippen molar-refractivity contribution in [3.8, 4) is 11.5 Å². The number of nitrogens with zero attached hydrogens (tertiary/aromatic N) is 9. The average molecular weight is 761 g/mol. The van der Waals surface area contributed by atoms with Gasteiger partial charge in [0.1, 0.15) is 5.82 Å². The van der Waals surface area contributed by atoms with E-state index < -0.39 is 0 Å². The van der Waals surface area contributed by atoms with Crippen molar-refractivity contribution < 1.29 is 9.59 Å². The molecule has 8 rings (SSSR count). The van der Waals surface area contributed by atoms with E-state index in [1.54, 1.807) is 48.9 Å². The quantitative estimate of drug-likeness (QED) is 0.112. The number of aryl methyl sites for hydroxylation is 4. The maximum Gasteiger partial charge on any atom is 0.185 e. The maximum absolute atomic E-state index is 10.2. The average Bonchev–Trinajstić information content (AvgIpc) is 3.97. The summed E-state index contributed by atoms with van der Waals surface area (Å²) >= 11 is 0. The summed E-state index contributed by atoms with van der Waals surface area (Å²) in [5.41, 5.74) is 9.63. The third-order valence-corrected chi connectivity index (χ3v) is 10.0. The van der Waals surface area contributed by atoms with E-state index in [1.807, 2.05) is 14.1 Å². The van der Waals surface area contributed by atoms with Gasteiger partial charge < -0.3 is 39.1 Å². The van der Waals surface area contributed by atoms with E-state index in [0.717, 1.165) is 84.0 Å². The molecule has 56 heavy (non-hydrogen) atoms. The zero-order valence-corrected chi connectivity index (χ0v) is 34.0. The first-order valence-electron chi connectivity index (χ1n) is 19.1. The van der Waals surface area contributed by atoms with Gasteiger partial charge in [0.25, 0.3) is 0 Å². The second-order valence-electron chi connectivity index (χ2n) is 14.1. The molecule has 0 radical (unpaired) electrons. The van der Waals surface area contributed by atoms with Crippen molar-refractivity contribution in [2.24, 2.45) is 26.1 Å². The molecular formula is C42H56N12O2. The molecule has 2 aromatic carbocycles. The number of carbonyl (C=O) groups is 2. The van der Waals surface area contributed by atoms with E-state index in [-0.39, 0.29) is 0 Å². The van der Waals surface area contributed by atoms with Crippen LogP contribution in [0.3, 0.4) is 0 Å². The van der Waals surface area contributed by atoms with Gasteiger partial charge in [-0.25, -0.2) is 15.0 Å². The Hall–Kier alpha value is -6.02. The summed E-state index contributed by atoms with van der Waals surface area (Å²) in [6, 6.07) is 15.0. The van der Waals surface area contributed by atoms with Gasteiger partial charge in [0.2, 0.25) is 0 Å². The minimum Gasteiger partial charge on any atom is -0.387 e. The highest BCUT2D eigenvalue weighted by Crippen LogP contribution is 2.29. The van der Waals surface area contributed by atoms with Gasteiger partial charge in [-0.15, -0.1) is 0 Å². The summed E-state index contributed by atoms with van der Waals surface area (Å²) in [5, 5.41) is 6.02. The zero-order valence-electron chi connectivity index (χ0n) is 34.0. The van der Waals surface area contributed by atoms with Crippen molar-refractivity contribution in [2.45, 2.75) is 39.5 Å². The van der Waals surface area contributed by atoms with Crippen LogP contribution >= 0.6 is 0 Å². The molecule has 0 unspecified atom stereocenters. The standard InChI is InChI=1S/C27H33N7.C6H9N3O.C5H6N2O.C4H8/c1-18-6-8-22(34-12-10-32(4)11-13-34)16-24(18)29-19(2)20-7-9-23-25(14-20)31-27(30-23)26-15-21(28-3)17-33(26)5;1-7-5-3-9(2)6(4-10)8-5;1-7-3-2-6-5(7)4-8;1-2-4-3-1/h6-9,14-17,28H,10-13H2,1-5H3,(H,30,31);3-4,7H,1-2H3;2-4H,1H3;1-4H2. The smallest absolute Gasteiger partial charge is 0.185 e. The molecule has 6 aromatic rings. The van der Waals surface area contributed by atoms with Gasteiger partial charge in [-0.1, -0.05) is 37.8 Å². The van der Waals surface area contributed by atoms with Crippen LogP contribution in [0.15, 0.2) is 72.2 Å². The van der Waals surface area contributed by atoms with Crippen molar-refractivity contribution in [2.75, 3.05) is 62.9 Å². The molecule has 0 amide bonds. The Bertz CT molecular complexity index is 2220. The molecule has 3 N–H and O–H groups in total. The van der Waals surface area contributed by atoms with Crippen LogP contribution in [0.1, 0.15) is 65.0 Å². The number of hydrogen-bond acceptors (Lipinski definition) is 10. The van der Waals surface area contributed by atoms with Crippen LogP contribution in [0.4, 0.5) is 22.9 Å². The molecule has 5 heterocycles. The van der Waals surface area contributed by atoms with Crippen LogP contribution in [0.25, 0.3) is 22.6 Å². The van der Waals surface area contributed by atoms with E-state index in [2.05, 4.69) is 110 Å². The number of hydrogen-bond donors (Lipinski definition) is 3. The molecule has 2 fully saturated rings. The third kappa shape index (κ3) is 10.6. The third-order valence-electron chi connectivity index (χ3n) is 10.0. The first kappa shape index (κ1) is 41.1. The van der Waals surface area contributed by atoms with Crippen LogP contribution in [0.2, 0.25) is 0 Å². The van der Waals surface area contributed by atoms with Crippen LogP contribution < -0.4 is 15.5 Å². The number of aromatic nitrogens is 7. The molecule has 1 saturated heterocycles. The summed E-state index contributed by atoms with van der Waals surface area (Å²) in [6.45, 7) is 8.50. The Kier molecular flexibility index (Phi) is 14.4. The van der Waals surface area contributed by atoms with E-state index >= 15 is 0 Å². The molecule has 1 saturated carbocycles. The largest absolute Gasteiger partial charge is 0.387 e. The number of aromatic amines is 1. The number of anilines is 3. The van der Waals surface area contributed by atoms with E-state index in [4.69, 9.17) is 9.98 Å². The zero-order chi connectivity index (χ0) is 40.2. The number of H-pyrrole nitrogens is 1. The molecule has 0 spiro atoms. The molecule has 1 aliphatic heterocycles. The fraction of sp³-hybridized carbons (Fsp3) is 0.381. The summed E-state index contributed by atoms with van der Waals surface area (Å²) in [4.78, 5) is 46.1. The number of nitrogens with one attached hydrogen (secondary N) is 3. The van der Waals surface area contributed by atoms with E-state index in [1.165, 1.54) is 36.9 Å². The monoisotopic (exact) mass is 760 g/mol. The normalized spacial score (nSPS) is 14.0. The minimum atomic E-state index is 0.435. The van der Waals surface area contributed by atoms with Crippen LogP contribution in [0.5, 0.6) is 0 Å². The molecule has 0 bridgehead atoms. The predicted molar refractivity (Wildman–Crippen MR) is 228 cm³/mol. The fourth-order valence-corrected chi connectivity index (χ4v) is 5.97. The van der Waals surface area contributed by atoms with Gasteiger partial charge in [-0.05, 0) is 62.4 Å². The van der Waals surface area contributed by atoms with Crippen molar-refractivity contribution >= 4 is 52.2 Å². The molecule has 14 nitrogen and oxygen atoms in total. The number of rotatable bonds is 8. The van der Waals surface area contributed by atoms with Gasteiger partial charge in [-0.2, -0.15) is 0 Å². The van der Waals surface area contributed by atoms with Crippen molar-refractivity contribution in [1.29, 1.82) is 0 Å². The number of carbonyl (C=O) groups excluding carboxylic acids is 2. The Balaban J connectivity index is 0.000000219.